The SMILES string of the molecule is CC(C)(C)C[C@H]1N2C(C(=O)O[C@@H](c3ccccc3)[C@H]2c2ccccc2)C(c2cccc(Cl)c2)[C@@]12C(=O)Nc1cc(Cl)c(F)cc12. The Kier molecular flexibility index (Phi) is 7.31. The highest BCUT2D eigenvalue weighted by molar-refractivity contribution is 6.31. The standard InChI is InChI=1S/C37H33Cl2FN2O3/c1-36(2,3)20-29-37(25-18-27(40)26(39)19-28(25)41-35(37)44)30(23-15-10-16-24(38)17-23)32-34(43)45-33(22-13-8-5-9-14-22)31(42(29)32)21-11-6-4-7-12-21/h4-19,29-33H,20H2,1-3H3,(H,41,44)/t29-,30?,31-,32?,33+,37+/m1/s1. The summed E-state index contributed by atoms with van der Waals surface area (Å²) in [4.78, 5) is 31.6. The zero-order valence-electron chi connectivity index (χ0n) is 25.1. The quantitative estimate of drug-likeness (QED) is 0.226. The Bertz CT molecular complexity index is 1790. The van der Waals surface area contributed by atoms with Crippen LogP contribution in [0.2, 0.25) is 10.0 Å². The van der Waals surface area contributed by atoms with E-state index in [-0.39, 0.29) is 16.3 Å². The molecule has 1 spiro atoms. The lowest BCUT2D eigenvalue weighted by Crippen LogP contribution is -2.54. The molecule has 4 aromatic carbocycles. The van der Waals surface area contributed by atoms with E-state index >= 15 is 4.39 Å². The summed E-state index contributed by atoms with van der Waals surface area (Å²) in [6.45, 7) is 6.35. The molecule has 0 saturated carbocycles. The van der Waals surface area contributed by atoms with Gasteiger partial charge in [-0.15, -0.1) is 0 Å². The van der Waals surface area contributed by atoms with Crippen LogP contribution in [-0.4, -0.2) is 28.9 Å². The van der Waals surface area contributed by atoms with Crippen LogP contribution in [0.1, 0.15) is 67.5 Å². The van der Waals surface area contributed by atoms with Crippen molar-refractivity contribution in [3.8, 4) is 0 Å². The third kappa shape index (κ3) is 4.77. The molecule has 8 heteroatoms. The van der Waals surface area contributed by atoms with Gasteiger partial charge in [-0.25, -0.2) is 4.39 Å². The molecule has 3 heterocycles. The van der Waals surface area contributed by atoms with E-state index in [0.29, 0.717) is 28.3 Å². The van der Waals surface area contributed by atoms with Crippen molar-refractivity contribution in [1.29, 1.82) is 0 Å². The van der Waals surface area contributed by atoms with Gasteiger partial charge < -0.3 is 10.1 Å². The molecular formula is C37H33Cl2FN2O3. The Morgan fingerprint density at radius 1 is 0.844 bits per heavy atom. The van der Waals surface area contributed by atoms with Crippen LogP contribution >= 0.6 is 23.2 Å². The predicted octanol–water partition coefficient (Wildman–Crippen LogP) is 8.63. The summed E-state index contributed by atoms with van der Waals surface area (Å²) < 4.78 is 21.9. The van der Waals surface area contributed by atoms with Crippen molar-refractivity contribution in [2.45, 2.75) is 62.8 Å². The van der Waals surface area contributed by atoms with Gasteiger partial charge in [0.2, 0.25) is 5.91 Å². The smallest absolute Gasteiger partial charge is 0.324 e. The number of amides is 1. The van der Waals surface area contributed by atoms with Crippen LogP contribution in [0.3, 0.4) is 0 Å². The van der Waals surface area contributed by atoms with E-state index in [1.165, 1.54) is 12.1 Å². The number of nitrogens with zero attached hydrogens (tertiary/aromatic N) is 1. The number of carbonyl (C=O) groups is 2. The van der Waals surface area contributed by atoms with Crippen molar-refractivity contribution in [2.24, 2.45) is 5.41 Å². The minimum absolute atomic E-state index is 0.0841. The summed E-state index contributed by atoms with van der Waals surface area (Å²) >= 11 is 12.8. The number of halogens is 3. The van der Waals surface area contributed by atoms with Gasteiger partial charge in [-0.2, -0.15) is 0 Å². The van der Waals surface area contributed by atoms with E-state index in [9.17, 15) is 9.59 Å². The van der Waals surface area contributed by atoms with E-state index in [1.54, 1.807) is 12.1 Å². The second-order valence-corrected chi connectivity index (χ2v) is 14.3. The Labute approximate surface area is 272 Å². The van der Waals surface area contributed by atoms with Crippen molar-refractivity contribution in [2.75, 3.05) is 5.32 Å². The van der Waals surface area contributed by atoms with Crippen molar-refractivity contribution in [3.05, 3.63) is 135 Å². The Morgan fingerprint density at radius 2 is 1.49 bits per heavy atom. The van der Waals surface area contributed by atoms with Gasteiger partial charge in [-0.1, -0.05) is 117 Å². The minimum atomic E-state index is -1.37. The van der Waals surface area contributed by atoms with E-state index in [2.05, 4.69) is 31.0 Å². The first-order valence-corrected chi connectivity index (χ1v) is 15.9. The van der Waals surface area contributed by atoms with Gasteiger partial charge in [0.25, 0.3) is 0 Å². The molecule has 1 N–H and O–H groups in total. The van der Waals surface area contributed by atoms with E-state index in [4.69, 9.17) is 27.9 Å². The number of fused-ring (bicyclic) bond motifs is 3. The van der Waals surface area contributed by atoms with E-state index in [0.717, 1.165) is 11.1 Å². The predicted molar refractivity (Wildman–Crippen MR) is 174 cm³/mol. The maximum atomic E-state index is 15.5. The number of ether oxygens (including phenoxy) is 1. The van der Waals surface area contributed by atoms with Gasteiger partial charge in [0.05, 0.1) is 11.1 Å². The molecule has 0 radical (unpaired) electrons. The summed E-state index contributed by atoms with van der Waals surface area (Å²) in [5.74, 6) is -2.11. The third-order valence-electron chi connectivity index (χ3n) is 9.52. The molecule has 6 atom stereocenters. The van der Waals surface area contributed by atoms with E-state index < -0.39 is 47.3 Å². The fourth-order valence-corrected chi connectivity index (χ4v) is 8.32. The number of nitrogens with one attached hydrogen (secondary N) is 1. The molecule has 4 aromatic rings. The molecule has 5 nitrogen and oxygen atoms in total. The molecule has 230 valence electrons. The van der Waals surface area contributed by atoms with Crippen molar-refractivity contribution in [3.63, 3.8) is 0 Å². The normalized spacial score (nSPS) is 27.6. The van der Waals surface area contributed by atoms with Crippen molar-refractivity contribution in [1.82, 2.24) is 4.90 Å². The molecular weight excluding hydrogens is 610 g/mol. The Morgan fingerprint density at radius 3 is 2.13 bits per heavy atom. The zero-order valence-corrected chi connectivity index (χ0v) is 26.6. The third-order valence-corrected chi connectivity index (χ3v) is 10.0. The van der Waals surface area contributed by atoms with Gasteiger partial charge in [-0.05, 0) is 58.4 Å². The maximum Gasteiger partial charge on any atom is 0.324 e. The number of cyclic esters (lactones) is 1. The highest BCUT2D eigenvalue weighted by Gasteiger charge is 2.72. The summed E-state index contributed by atoms with van der Waals surface area (Å²) in [7, 11) is 0. The van der Waals surface area contributed by atoms with Gasteiger partial charge in [0, 0.05) is 22.7 Å². The molecule has 2 saturated heterocycles. The summed E-state index contributed by atoms with van der Waals surface area (Å²) in [5.41, 5.74) is 1.77. The number of morpholine rings is 1. The first kappa shape index (κ1) is 30.0. The number of rotatable bonds is 4. The fourth-order valence-electron chi connectivity index (χ4n) is 7.96. The van der Waals surface area contributed by atoms with Gasteiger partial charge >= 0.3 is 5.97 Å². The van der Waals surface area contributed by atoms with Crippen LogP contribution in [-0.2, 0) is 19.7 Å². The van der Waals surface area contributed by atoms with Crippen LogP contribution < -0.4 is 5.32 Å². The summed E-state index contributed by atoms with van der Waals surface area (Å²) in [6, 6.07) is 27.9. The first-order valence-electron chi connectivity index (χ1n) is 15.1. The number of hydrogen-bond acceptors (Lipinski definition) is 4. The lowest BCUT2D eigenvalue weighted by atomic mass is 9.62. The molecule has 3 aliphatic heterocycles. The molecule has 3 aliphatic rings. The Hall–Kier alpha value is -3.71. The molecule has 0 aromatic heterocycles. The molecule has 0 aliphatic carbocycles. The van der Waals surface area contributed by atoms with Crippen LogP contribution in [0.25, 0.3) is 0 Å². The number of hydrogen-bond donors (Lipinski definition) is 1. The van der Waals surface area contributed by atoms with Crippen LogP contribution in [0, 0.1) is 11.2 Å². The number of anilines is 1. The molecule has 45 heavy (non-hydrogen) atoms. The zero-order chi connectivity index (χ0) is 31.7. The number of carbonyl (C=O) groups excluding carboxylic acids is 2. The molecule has 2 unspecified atom stereocenters. The van der Waals surface area contributed by atoms with Crippen molar-refractivity contribution < 1.29 is 18.7 Å². The molecule has 1 amide bonds. The minimum Gasteiger partial charge on any atom is -0.454 e. The first-order chi connectivity index (χ1) is 21.5. The van der Waals surface area contributed by atoms with Crippen LogP contribution in [0.4, 0.5) is 10.1 Å². The lowest BCUT2D eigenvalue weighted by molar-refractivity contribution is -0.176. The average molecular weight is 644 g/mol. The highest BCUT2D eigenvalue weighted by Crippen LogP contribution is 2.64. The molecule has 2 fully saturated rings. The van der Waals surface area contributed by atoms with Crippen molar-refractivity contribution >= 4 is 40.8 Å². The highest BCUT2D eigenvalue weighted by atomic mass is 35.5. The monoisotopic (exact) mass is 642 g/mol. The van der Waals surface area contributed by atoms with Gasteiger partial charge in [0.1, 0.15) is 23.4 Å². The largest absolute Gasteiger partial charge is 0.454 e. The second kappa shape index (κ2) is 11.0. The van der Waals surface area contributed by atoms with Crippen LogP contribution in [0.15, 0.2) is 97.1 Å². The summed E-state index contributed by atoms with van der Waals surface area (Å²) in [5, 5.41) is 3.44. The second-order valence-electron chi connectivity index (χ2n) is 13.5. The lowest BCUT2D eigenvalue weighted by Gasteiger charge is -2.47. The maximum absolute atomic E-state index is 15.5. The van der Waals surface area contributed by atoms with Gasteiger partial charge in [-0.3, -0.25) is 14.5 Å². The number of esters is 1. The fraction of sp³-hybridized carbons (Fsp3) is 0.297. The summed E-state index contributed by atoms with van der Waals surface area (Å²) in [6.07, 6.45) is -0.128. The Balaban J connectivity index is 1.57. The molecule has 7 rings (SSSR count). The molecule has 0 bridgehead atoms. The van der Waals surface area contributed by atoms with E-state index in [1.807, 2.05) is 72.8 Å². The van der Waals surface area contributed by atoms with Gasteiger partial charge in [0.15, 0.2) is 0 Å². The van der Waals surface area contributed by atoms with Crippen LogP contribution in [0.5, 0.6) is 0 Å². The topological polar surface area (TPSA) is 58.6 Å². The average Bonchev–Trinajstić information content (AvgIpc) is 3.45. The number of benzene rings is 4.